The standard InChI is InChI=1S/C18H18FN5O/c19-12-6-7-15-14(10-12)13(8-9-21-15)17(25)24-18(20)22-16(23-24)11-4-2-1-3-5-11/h1-7,10,13,17,21,25H,8-9H2,(H2,20,22,23). The quantitative estimate of drug-likeness (QED) is 0.683. The van der Waals surface area contributed by atoms with Crippen molar-refractivity contribution in [3.05, 3.63) is 59.9 Å². The molecule has 128 valence electrons. The van der Waals surface area contributed by atoms with E-state index in [0.29, 0.717) is 18.8 Å². The van der Waals surface area contributed by atoms with Crippen LogP contribution in [0.15, 0.2) is 48.5 Å². The zero-order chi connectivity index (χ0) is 17.4. The number of aromatic nitrogens is 3. The molecule has 2 unspecified atom stereocenters. The summed E-state index contributed by atoms with van der Waals surface area (Å²) in [6, 6.07) is 14.0. The van der Waals surface area contributed by atoms with Crippen LogP contribution in [0.4, 0.5) is 16.0 Å². The van der Waals surface area contributed by atoms with Crippen LogP contribution in [0.2, 0.25) is 0 Å². The molecule has 0 bridgehead atoms. The maximum absolute atomic E-state index is 13.7. The van der Waals surface area contributed by atoms with Gasteiger partial charge in [0.25, 0.3) is 0 Å². The fraction of sp³-hybridized carbons (Fsp3) is 0.222. The number of fused-ring (bicyclic) bond motifs is 1. The van der Waals surface area contributed by atoms with Gasteiger partial charge in [-0.15, -0.1) is 5.10 Å². The van der Waals surface area contributed by atoms with Gasteiger partial charge in [-0.3, -0.25) is 0 Å². The number of anilines is 2. The lowest BCUT2D eigenvalue weighted by atomic mass is 9.89. The van der Waals surface area contributed by atoms with Gasteiger partial charge in [0, 0.05) is 23.7 Å². The molecule has 6 nitrogen and oxygen atoms in total. The zero-order valence-corrected chi connectivity index (χ0v) is 13.4. The molecular formula is C18H18FN5O. The van der Waals surface area contributed by atoms with Crippen LogP contribution in [0.1, 0.15) is 24.1 Å². The molecule has 0 amide bonds. The lowest BCUT2D eigenvalue weighted by Crippen LogP contribution is -2.26. The predicted molar refractivity (Wildman–Crippen MR) is 93.4 cm³/mol. The van der Waals surface area contributed by atoms with Crippen molar-refractivity contribution in [2.75, 3.05) is 17.6 Å². The first-order valence-corrected chi connectivity index (χ1v) is 8.12. The third kappa shape index (κ3) is 2.83. The smallest absolute Gasteiger partial charge is 0.221 e. The van der Waals surface area contributed by atoms with Gasteiger partial charge >= 0.3 is 0 Å². The van der Waals surface area contributed by atoms with Gasteiger partial charge in [-0.25, -0.2) is 9.07 Å². The van der Waals surface area contributed by atoms with Gasteiger partial charge in [0.1, 0.15) is 5.82 Å². The SMILES string of the molecule is Nc1nc(-c2ccccc2)nn1C(O)C1CCNc2ccc(F)cc21. The number of nitrogens with two attached hydrogens (primary N) is 1. The van der Waals surface area contributed by atoms with E-state index in [-0.39, 0.29) is 17.7 Å². The Labute approximate surface area is 144 Å². The normalized spacial score (nSPS) is 17.6. The van der Waals surface area contributed by atoms with E-state index >= 15 is 0 Å². The molecule has 4 rings (SSSR count). The van der Waals surface area contributed by atoms with Crippen molar-refractivity contribution in [3.8, 4) is 11.4 Å². The Hall–Kier alpha value is -2.93. The van der Waals surface area contributed by atoms with Crippen molar-refractivity contribution < 1.29 is 9.50 Å². The molecule has 2 atom stereocenters. The van der Waals surface area contributed by atoms with Gasteiger partial charge in [0.2, 0.25) is 5.95 Å². The van der Waals surface area contributed by atoms with E-state index in [1.807, 2.05) is 30.3 Å². The fourth-order valence-electron chi connectivity index (χ4n) is 3.24. The molecule has 25 heavy (non-hydrogen) atoms. The zero-order valence-electron chi connectivity index (χ0n) is 13.4. The summed E-state index contributed by atoms with van der Waals surface area (Å²) in [5.74, 6) is -0.0795. The number of benzene rings is 2. The van der Waals surface area contributed by atoms with Crippen LogP contribution in [0.25, 0.3) is 11.4 Å². The van der Waals surface area contributed by atoms with Crippen molar-refractivity contribution in [1.82, 2.24) is 14.8 Å². The molecule has 7 heteroatoms. The van der Waals surface area contributed by atoms with Gasteiger partial charge in [0.05, 0.1) is 0 Å². The Morgan fingerprint density at radius 1 is 1.24 bits per heavy atom. The lowest BCUT2D eigenvalue weighted by Gasteiger charge is -2.30. The summed E-state index contributed by atoms with van der Waals surface area (Å²) in [7, 11) is 0. The summed E-state index contributed by atoms with van der Waals surface area (Å²) in [6.07, 6.45) is -0.384. The van der Waals surface area contributed by atoms with Gasteiger partial charge in [-0.1, -0.05) is 30.3 Å². The Balaban J connectivity index is 1.70. The van der Waals surface area contributed by atoms with E-state index in [4.69, 9.17) is 5.73 Å². The Bertz CT molecular complexity index is 896. The van der Waals surface area contributed by atoms with E-state index in [2.05, 4.69) is 15.4 Å². The summed E-state index contributed by atoms with van der Waals surface area (Å²) < 4.78 is 15.0. The summed E-state index contributed by atoms with van der Waals surface area (Å²) in [4.78, 5) is 4.25. The van der Waals surface area contributed by atoms with Crippen LogP contribution in [0, 0.1) is 5.82 Å². The molecular weight excluding hydrogens is 321 g/mol. The van der Waals surface area contributed by atoms with E-state index < -0.39 is 6.23 Å². The summed E-state index contributed by atoms with van der Waals surface area (Å²) in [6.45, 7) is 0.681. The van der Waals surface area contributed by atoms with Gasteiger partial charge < -0.3 is 16.2 Å². The summed E-state index contributed by atoms with van der Waals surface area (Å²) in [5, 5.41) is 18.4. The third-order valence-electron chi connectivity index (χ3n) is 4.48. The highest BCUT2D eigenvalue weighted by Gasteiger charge is 2.30. The Kier molecular flexibility index (Phi) is 3.85. The van der Waals surface area contributed by atoms with E-state index in [9.17, 15) is 9.50 Å². The van der Waals surface area contributed by atoms with Crippen LogP contribution in [-0.2, 0) is 0 Å². The minimum atomic E-state index is -1.02. The first-order chi connectivity index (χ1) is 12.1. The lowest BCUT2D eigenvalue weighted by molar-refractivity contribution is 0.0604. The molecule has 0 saturated carbocycles. The van der Waals surface area contributed by atoms with Crippen LogP contribution in [-0.4, -0.2) is 26.4 Å². The largest absolute Gasteiger partial charge is 0.385 e. The van der Waals surface area contributed by atoms with Crippen molar-refractivity contribution in [3.63, 3.8) is 0 Å². The average Bonchev–Trinajstić information content (AvgIpc) is 3.03. The minimum absolute atomic E-state index is 0.128. The molecule has 2 aromatic carbocycles. The molecule has 1 aromatic heterocycles. The van der Waals surface area contributed by atoms with Gasteiger partial charge in [-0.2, -0.15) is 4.98 Å². The molecule has 1 aliphatic rings. The fourth-order valence-corrected chi connectivity index (χ4v) is 3.24. The molecule has 3 aromatic rings. The van der Waals surface area contributed by atoms with Crippen LogP contribution in [0.5, 0.6) is 0 Å². The van der Waals surface area contributed by atoms with E-state index in [1.54, 1.807) is 6.07 Å². The number of nitrogens with one attached hydrogen (secondary N) is 1. The van der Waals surface area contributed by atoms with Gasteiger partial charge in [-0.05, 0) is 30.2 Å². The number of nitrogen functional groups attached to an aromatic ring is 1. The number of rotatable bonds is 3. The van der Waals surface area contributed by atoms with Crippen molar-refractivity contribution in [1.29, 1.82) is 0 Å². The maximum Gasteiger partial charge on any atom is 0.221 e. The highest BCUT2D eigenvalue weighted by atomic mass is 19.1. The molecule has 0 radical (unpaired) electrons. The second-order valence-corrected chi connectivity index (χ2v) is 6.07. The monoisotopic (exact) mass is 339 g/mol. The molecule has 4 N–H and O–H groups in total. The number of aliphatic hydroxyl groups is 1. The summed E-state index contributed by atoms with van der Waals surface area (Å²) >= 11 is 0. The second-order valence-electron chi connectivity index (χ2n) is 6.07. The molecule has 2 heterocycles. The first kappa shape index (κ1) is 15.6. The van der Waals surface area contributed by atoms with Crippen LogP contribution >= 0.6 is 0 Å². The highest BCUT2D eigenvalue weighted by molar-refractivity contribution is 5.57. The molecule has 0 fully saturated rings. The van der Waals surface area contributed by atoms with Crippen LogP contribution < -0.4 is 11.1 Å². The number of nitrogens with zero attached hydrogens (tertiary/aromatic N) is 3. The molecule has 1 aliphatic heterocycles. The topological polar surface area (TPSA) is 89.0 Å². The molecule has 0 spiro atoms. The number of halogens is 1. The molecule has 0 aliphatic carbocycles. The first-order valence-electron chi connectivity index (χ1n) is 8.12. The van der Waals surface area contributed by atoms with Crippen molar-refractivity contribution in [2.24, 2.45) is 0 Å². The summed E-state index contributed by atoms with van der Waals surface area (Å²) in [5.41, 5.74) is 8.33. The third-order valence-corrected chi connectivity index (χ3v) is 4.48. The van der Waals surface area contributed by atoms with Gasteiger partial charge in [0.15, 0.2) is 12.1 Å². The van der Waals surface area contributed by atoms with E-state index in [0.717, 1.165) is 16.8 Å². The van der Waals surface area contributed by atoms with Crippen LogP contribution in [0.3, 0.4) is 0 Å². The van der Waals surface area contributed by atoms with E-state index in [1.165, 1.54) is 16.8 Å². The minimum Gasteiger partial charge on any atom is -0.385 e. The average molecular weight is 339 g/mol. The Morgan fingerprint density at radius 3 is 2.84 bits per heavy atom. The number of hydrogen-bond donors (Lipinski definition) is 3. The number of aliphatic hydroxyl groups excluding tert-OH is 1. The molecule has 0 saturated heterocycles. The predicted octanol–water partition coefficient (Wildman–Crippen LogP) is 2.76. The second kappa shape index (κ2) is 6.18. The van der Waals surface area contributed by atoms with Crippen molar-refractivity contribution in [2.45, 2.75) is 18.6 Å². The maximum atomic E-state index is 13.7. The highest BCUT2D eigenvalue weighted by Crippen LogP contribution is 2.38. The Morgan fingerprint density at radius 2 is 2.04 bits per heavy atom. The number of hydrogen-bond acceptors (Lipinski definition) is 5. The van der Waals surface area contributed by atoms with Crippen molar-refractivity contribution >= 4 is 11.6 Å².